The van der Waals surface area contributed by atoms with Crippen molar-refractivity contribution in [1.82, 2.24) is 0 Å². The summed E-state index contributed by atoms with van der Waals surface area (Å²) in [6.07, 6.45) is 0. The third kappa shape index (κ3) is 1.66. The minimum atomic E-state index is 0.0209. The van der Waals surface area contributed by atoms with Crippen LogP contribution in [-0.2, 0) is 0 Å². The monoisotopic (exact) mass is 246 g/mol. The normalized spacial score (nSPS) is 9.80. The zero-order chi connectivity index (χ0) is 7.56. The minimum absolute atomic E-state index is 0.0209. The van der Waals surface area contributed by atoms with Crippen molar-refractivity contribution in [2.75, 3.05) is 0 Å². The fraction of sp³-hybridized carbons (Fsp3) is 0.222. The molecule has 0 atom stereocenters. The third-order valence-corrected chi connectivity index (χ3v) is 3.46. The molecule has 1 aromatic rings. The summed E-state index contributed by atoms with van der Waals surface area (Å²) in [5.74, 6) is 0. The van der Waals surface area contributed by atoms with Gasteiger partial charge >= 0.3 is 0 Å². The summed E-state index contributed by atoms with van der Waals surface area (Å²) >= 11 is 0.0209. The Labute approximate surface area is 72.0 Å². The molecule has 54 valence electrons. The molecule has 0 saturated carbocycles. The molecular weight excluding hydrogens is 235 g/mol. The van der Waals surface area contributed by atoms with Gasteiger partial charge in [-0.1, -0.05) is 42.9 Å². The van der Waals surface area contributed by atoms with E-state index in [0.29, 0.717) is 0 Å². The molecule has 0 aliphatic carbocycles. The predicted molar refractivity (Wildman–Crippen MR) is 55.8 cm³/mol. The highest BCUT2D eigenvalue weighted by atomic mass is 127. The Kier molecular flexibility index (Phi) is 2.60. The molecule has 0 fully saturated rings. The first-order valence-corrected chi connectivity index (χ1v) is 5.80. The number of rotatable bonds is 1. The lowest BCUT2D eigenvalue weighted by Gasteiger charge is -1.98. The van der Waals surface area contributed by atoms with Gasteiger partial charge in [0.2, 0.25) is 0 Å². The Balaban J connectivity index is 3.21. The Hall–Kier alpha value is -0.180. The van der Waals surface area contributed by atoms with Crippen LogP contribution in [0.4, 0.5) is 0 Å². The molecule has 1 rings (SSSR count). The van der Waals surface area contributed by atoms with Crippen LogP contribution < -0.4 is 0 Å². The zero-order valence-electron chi connectivity index (χ0n) is 6.32. The maximum atomic E-state index is 3.97. The molecule has 1 heteroatoms. The summed E-state index contributed by atoms with van der Waals surface area (Å²) < 4.78 is 5.44. The van der Waals surface area contributed by atoms with Crippen LogP contribution >= 0.6 is 20.7 Å². The Morgan fingerprint density at radius 1 is 1.30 bits per heavy atom. The van der Waals surface area contributed by atoms with Crippen LogP contribution in [0, 0.1) is 17.4 Å². The smallest absolute Gasteiger partial charge is 0.0103 e. The lowest BCUT2D eigenvalue weighted by Crippen LogP contribution is -1.80. The molecule has 0 spiro atoms. The molecule has 1 aromatic carbocycles. The number of halogens is 1. The van der Waals surface area contributed by atoms with Gasteiger partial charge in [0.25, 0.3) is 0 Å². The first-order chi connectivity index (χ1) is 4.74. The molecule has 0 bridgehead atoms. The fourth-order valence-electron chi connectivity index (χ4n) is 0.842. The molecule has 0 unspecified atom stereocenters. The standard InChI is InChI=1S/C9H11I/c1-7-4-5-8(2)9(6-7)10-3/h4-6H,3H2,1-2H3. The highest BCUT2D eigenvalue weighted by Crippen LogP contribution is 2.15. The largest absolute Gasteiger partial charge is 0.0934 e. The second-order valence-corrected chi connectivity index (χ2v) is 4.31. The Morgan fingerprint density at radius 3 is 2.50 bits per heavy atom. The summed E-state index contributed by atoms with van der Waals surface area (Å²) in [5, 5.41) is 0. The van der Waals surface area contributed by atoms with Crippen molar-refractivity contribution < 1.29 is 0 Å². The first-order valence-electron chi connectivity index (χ1n) is 3.19. The first kappa shape index (κ1) is 7.92. The number of aryl methyl sites for hydroxylation is 2. The van der Waals surface area contributed by atoms with Crippen molar-refractivity contribution >= 4 is 25.2 Å². The molecular formula is C9H11I. The number of hydrogen-bond donors (Lipinski definition) is 0. The Bertz CT molecular complexity index is 251. The molecule has 0 aromatic heterocycles. The van der Waals surface area contributed by atoms with Gasteiger partial charge in [0, 0.05) is 3.57 Å². The van der Waals surface area contributed by atoms with E-state index in [9.17, 15) is 0 Å². The number of benzene rings is 1. The predicted octanol–water partition coefficient (Wildman–Crippen LogP) is 2.88. The van der Waals surface area contributed by atoms with Gasteiger partial charge in [-0.15, -0.1) is 0 Å². The van der Waals surface area contributed by atoms with E-state index in [1.165, 1.54) is 14.7 Å². The second kappa shape index (κ2) is 3.28. The van der Waals surface area contributed by atoms with Crippen LogP contribution in [0.15, 0.2) is 18.2 Å². The molecule has 0 nitrogen and oxygen atoms in total. The van der Waals surface area contributed by atoms with Crippen LogP contribution in [0.25, 0.3) is 0 Å². The van der Waals surface area contributed by atoms with E-state index in [-0.39, 0.29) is 20.7 Å². The van der Waals surface area contributed by atoms with Crippen molar-refractivity contribution in [3.63, 3.8) is 0 Å². The molecule has 0 amide bonds. The SMILES string of the molecule is C=Ic1cc(C)ccc1C. The molecule has 0 N–H and O–H groups in total. The van der Waals surface area contributed by atoms with Crippen molar-refractivity contribution in [2.45, 2.75) is 13.8 Å². The summed E-state index contributed by atoms with van der Waals surface area (Å²) in [5.41, 5.74) is 2.75. The van der Waals surface area contributed by atoms with Gasteiger partial charge in [0.15, 0.2) is 0 Å². The molecule has 0 saturated heterocycles. The van der Waals surface area contributed by atoms with Crippen molar-refractivity contribution in [1.29, 1.82) is 0 Å². The lowest BCUT2D eigenvalue weighted by molar-refractivity contribution is 1.36. The summed E-state index contributed by atoms with van der Waals surface area (Å²) in [4.78, 5) is 0. The highest BCUT2D eigenvalue weighted by Gasteiger charge is 1.92. The van der Waals surface area contributed by atoms with Gasteiger partial charge in [-0.25, -0.2) is 0 Å². The lowest BCUT2D eigenvalue weighted by atomic mass is 10.2. The van der Waals surface area contributed by atoms with Crippen molar-refractivity contribution in [2.24, 2.45) is 0 Å². The van der Waals surface area contributed by atoms with Crippen LogP contribution in [0.1, 0.15) is 11.1 Å². The summed E-state index contributed by atoms with van der Waals surface area (Å²) in [6.45, 7) is 4.28. The minimum Gasteiger partial charge on any atom is -0.0934 e. The maximum absolute atomic E-state index is 3.97. The summed E-state index contributed by atoms with van der Waals surface area (Å²) in [6, 6.07) is 6.57. The van der Waals surface area contributed by atoms with Gasteiger partial charge in [0.1, 0.15) is 0 Å². The van der Waals surface area contributed by atoms with E-state index in [4.69, 9.17) is 0 Å². The highest BCUT2D eigenvalue weighted by molar-refractivity contribution is 14.2. The quantitative estimate of drug-likeness (QED) is 0.668. The number of hydrogen-bond acceptors (Lipinski definition) is 0. The van der Waals surface area contributed by atoms with Gasteiger partial charge in [-0.05, 0) is 25.5 Å². The second-order valence-electron chi connectivity index (χ2n) is 2.39. The third-order valence-electron chi connectivity index (χ3n) is 1.47. The average molecular weight is 246 g/mol. The van der Waals surface area contributed by atoms with Crippen LogP contribution in [0.3, 0.4) is 0 Å². The van der Waals surface area contributed by atoms with Crippen LogP contribution in [0.5, 0.6) is 0 Å². The Morgan fingerprint density at radius 2 is 2.00 bits per heavy atom. The molecule has 0 heterocycles. The average Bonchev–Trinajstić information content (AvgIpc) is 1.94. The summed E-state index contributed by atoms with van der Waals surface area (Å²) in [7, 11) is 0. The molecule has 0 aliphatic heterocycles. The fourth-order valence-corrected chi connectivity index (χ4v) is 2.33. The maximum Gasteiger partial charge on any atom is 0.0103 e. The van der Waals surface area contributed by atoms with E-state index in [1.807, 2.05) is 0 Å². The topological polar surface area (TPSA) is 0 Å². The van der Waals surface area contributed by atoms with Crippen molar-refractivity contribution in [3.8, 4) is 0 Å². The van der Waals surface area contributed by atoms with Gasteiger partial charge in [0.05, 0.1) is 0 Å². The van der Waals surface area contributed by atoms with Gasteiger partial charge in [-0.2, -0.15) is 0 Å². The van der Waals surface area contributed by atoms with E-state index < -0.39 is 0 Å². The van der Waals surface area contributed by atoms with E-state index >= 15 is 0 Å². The molecule has 10 heavy (non-hydrogen) atoms. The molecule has 0 radical (unpaired) electrons. The van der Waals surface area contributed by atoms with Gasteiger partial charge in [-0.3, -0.25) is 0 Å². The van der Waals surface area contributed by atoms with E-state index in [2.05, 4.69) is 36.6 Å². The van der Waals surface area contributed by atoms with Gasteiger partial charge < -0.3 is 0 Å². The zero-order valence-corrected chi connectivity index (χ0v) is 8.47. The van der Waals surface area contributed by atoms with E-state index in [0.717, 1.165) is 0 Å². The van der Waals surface area contributed by atoms with E-state index in [1.54, 1.807) is 0 Å². The molecule has 0 aliphatic rings. The van der Waals surface area contributed by atoms with Crippen LogP contribution in [0.2, 0.25) is 0 Å². The van der Waals surface area contributed by atoms with Crippen molar-refractivity contribution in [3.05, 3.63) is 32.9 Å². The van der Waals surface area contributed by atoms with Crippen LogP contribution in [-0.4, -0.2) is 4.51 Å².